The third-order valence-electron chi connectivity index (χ3n) is 4.68. The summed E-state index contributed by atoms with van der Waals surface area (Å²) in [7, 11) is 0. The summed E-state index contributed by atoms with van der Waals surface area (Å²) in [5.74, 6) is -1.47. The van der Waals surface area contributed by atoms with Gasteiger partial charge in [0, 0.05) is 11.6 Å². The van der Waals surface area contributed by atoms with Crippen LogP contribution in [-0.4, -0.2) is 33.4 Å². The fraction of sp³-hybridized carbons (Fsp3) is 0.130. The number of aromatic nitrogens is 3. The quantitative estimate of drug-likeness (QED) is 0.133. The minimum Gasteiger partial charge on any atom is -0.455 e. The van der Waals surface area contributed by atoms with Gasteiger partial charge in [-0.05, 0) is 36.8 Å². The molecule has 15 heteroatoms. The van der Waals surface area contributed by atoms with Crippen molar-refractivity contribution in [1.82, 2.24) is 14.8 Å². The summed E-state index contributed by atoms with van der Waals surface area (Å²) >= 11 is 0. The molecule has 38 heavy (non-hydrogen) atoms. The highest BCUT2D eigenvalue weighted by Crippen LogP contribution is 2.37. The lowest BCUT2D eigenvalue weighted by Gasteiger charge is -2.09. The molecule has 4 rings (SSSR count). The van der Waals surface area contributed by atoms with Crippen LogP contribution < -0.4 is 10.1 Å². The van der Waals surface area contributed by atoms with Crippen LogP contribution in [0.5, 0.6) is 5.75 Å². The molecule has 0 radical (unpaired) electrons. The van der Waals surface area contributed by atoms with Gasteiger partial charge in [0.05, 0.1) is 17.6 Å². The lowest BCUT2D eigenvalue weighted by Crippen LogP contribution is -2.17. The zero-order valence-corrected chi connectivity index (χ0v) is 19.0. The number of halogens is 6. The van der Waals surface area contributed by atoms with E-state index < -0.39 is 30.1 Å². The number of hydrogen-bond acceptors (Lipinski definition) is 7. The SMILES string of the molecule is Cc1cc(NC(=O)O/N=C/c2ccc(-c3ncn(-c4ccc(OC(F)(F)F)cc4)n3)cc2)c(C(F)(F)F)o1. The van der Waals surface area contributed by atoms with Crippen molar-refractivity contribution in [2.45, 2.75) is 19.5 Å². The van der Waals surface area contributed by atoms with Gasteiger partial charge < -0.3 is 9.15 Å². The number of benzene rings is 2. The Morgan fingerprint density at radius 1 is 1.05 bits per heavy atom. The van der Waals surface area contributed by atoms with Gasteiger partial charge in [0.15, 0.2) is 5.82 Å². The van der Waals surface area contributed by atoms with Gasteiger partial charge in [-0.3, -0.25) is 10.2 Å². The van der Waals surface area contributed by atoms with E-state index in [1.165, 1.54) is 30.1 Å². The van der Waals surface area contributed by atoms with E-state index in [1.807, 2.05) is 5.32 Å². The standard InChI is InChI=1S/C23H15F6N5O4/c1-13-10-18(19(36-13)22(24,25)26)32-21(35)38-31-11-14-2-4-15(5-3-14)20-30-12-34(33-20)16-6-8-17(9-7-16)37-23(27,28)29/h2-12H,1H3,(H,32,35)/b31-11+. The van der Waals surface area contributed by atoms with Crippen LogP contribution in [0.3, 0.4) is 0 Å². The number of furan rings is 1. The number of amides is 1. The zero-order valence-electron chi connectivity index (χ0n) is 19.0. The second kappa shape index (κ2) is 10.3. The summed E-state index contributed by atoms with van der Waals surface area (Å²) in [5.41, 5.74) is 0.922. The van der Waals surface area contributed by atoms with E-state index in [2.05, 4.69) is 29.2 Å². The maximum atomic E-state index is 12.9. The van der Waals surface area contributed by atoms with Gasteiger partial charge in [-0.15, -0.1) is 18.3 Å². The molecule has 198 valence electrons. The summed E-state index contributed by atoms with van der Waals surface area (Å²) in [6, 6.07) is 12.5. The van der Waals surface area contributed by atoms with E-state index in [0.29, 0.717) is 22.6 Å². The fourth-order valence-electron chi connectivity index (χ4n) is 3.12. The Morgan fingerprint density at radius 3 is 2.37 bits per heavy atom. The van der Waals surface area contributed by atoms with Gasteiger partial charge in [0.25, 0.3) is 0 Å². The topological polar surface area (TPSA) is 104 Å². The Morgan fingerprint density at radius 2 is 1.74 bits per heavy atom. The number of oxime groups is 1. The molecule has 1 amide bonds. The maximum absolute atomic E-state index is 12.9. The molecule has 0 fully saturated rings. The van der Waals surface area contributed by atoms with Crippen molar-refractivity contribution in [3.63, 3.8) is 0 Å². The molecule has 0 aliphatic rings. The molecule has 1 N–H and O–H groups in total. The molecule has 0 aliphatic carbocycles. The van der Waals surface area contributed by atoms with Crippen LogP contribution in [0.25, 0.3) is 17.1 Å². The molecule has 0 saturated heterocycles. The molecule has 0 unspecified atom stereocenters. The van der Waals surface area contributed by atoms with Crippen molar-refractivity contribution >= 4 is 18.0 Å². The summed E-state index contributed by atoms with van der Waals surface area (Å²) < 4.78 is 85.4. The van der Waals surface area contributed by atoms with Crippen molar-refractivity contribution in [2.75, 3.05) is 5.32 Å². The number of carbonyl (C=O) groups excluding carboxylic acids is 1. The Balaban J connectivity index is 1.35. The van der Waals surface area contributed by atoms with Crippen LogP contribution in [0.15, 0.2) is 70.5 Å². The molecule has 0 aliphatic heterocycles. The Bertz CT molecular complexity index is 1440. The Hall–Kier alpha value is -4.82. The second-order valence-corrected chi connectivity index (χ2v) is 7.51. The molecule has 0 saturated carbocycles. The first kappa shape index (κ1) is 26.2. The molecule has 4 aromatic rings. The van der Waals surface area contributed by atoms with Gasteiger partial charge in [-0.25, -0.2) is 14.5 Å². The van der Waals surface area contributed by atoms with E-state index in [1.54, 1.807) is 24.3 Å². The van der Waals surface area contributed by atoms with Crippen molar-refractivity contribution in [2.24, 2.45) is 5.16 Å². The first-order valence-electron chi connectivity index (χ1n) is 10.4. The highest BCUT2D eigenvalue weighted by atomic mass is 19.4. The monoisotopic (exact) mass is 539 g/mol. The van der Waals surface area contributed by atoms with Gasteiger partial charge in [0.1, 0.15) is 17.8 Å². The van der Waals surface area contributed by atoms with E-state index in [-0.39, 0.29) is 11.5 Å². The summed E-state index contributed by atoms with van der Waals surface area (Å²) in [6.45, 7) is 1.29. The second-order valence-electron chi connectivity index (χ2n) is 7.51. The normalized spacial score (nSPS) is 12.1. The smallest absolute Gasteiger partial charge is 0.455 e. The van der Waals surface area contributed by atoms with Crippen molar-refractivity contribution in [3.8, 4) is 22.8 Å². The van der Waals surface area contributed by atoms with E-state index in [9.17, 15) is 31.1 Å². The zero-order chi connectivity index (χ0) is 27.5. The molecular formula is C23H15F6N5O4. The van der Waals surface area contributed by atoms with Gasteiger partial charge in [0.2, 0.25) is 5.76 Å². The van der Waals surface area contributed by atoms with Crippen LogP contribution >= 0.6 is 0 Å². The average molecular weight is 539 g/mol. The highest BCUT2D eigenvalue weighted by molar-refractivity contribution is 5.86. The molecule has 2 aromatic carbocycles. The van der Waals surface area contributed by atoms with Gasteiger partial charge >= 0.3 is 18.6 Å². The molecule has 2 heterocycles. The summed E-state index contributed by atoms with van der Waals surface area (Å²) in [4.78, 5) is 20.5. The first-order valence-corrected chi connectivity index (χ1v) is 10.4. The number of nitrogens with zero attached hydrogens (tertiary/aromatic N) is 4. The van der Waals surface area contributed by atoms with Crippen LogP contribution in [0, 0.1) is 6.92 Å². The van der Waals surface area contributed by atoms with Crippen LogP contribution in [0.2, 0.25) is 0 Å². The predicted molar refractivity (Wildman–Crippen MR) is 120 cm³/mol. The highest BCUT2D eigenvalue weighted by Gasteiger charge is 2.39. The number of nitrogens with one attached hydrogen (secondary N) is 1. The van der Waals surface area contributed by atoms with E-state index in [4.69, 9.17) is 0 Å². The number of anilines is 1. The number of ether oxygens (including phenoxy) is 1. The van der Waals surface area contributed by atoms with Crippen molar-refractivity contribution in [3.05, 3.63) is 78.0 Å². The third-order valence-corrected chi connectivity index (χ3v) is 4.68. The van der Waals surface area contributed by atoms with Gasteiger partial charge in [-0.1, -0.05) is 29.4 Å². The lowest BCUT2D eigenvalue weighted by atomic mass is 10.1. The molecule has 2 aromatic heterocycles. The van der Waals surface area contributed by atoms with Crippen LogP contribution in [-0.2, 0) is 11.0 Å². The summed E-state index contributed by atoms with van der Waals surface area (Å²) in [6.07, 6.45) is -8.31. The third kappa shape index (κ3) is 6.68. The minimum atomic E-state index is -4.80. The molecule has 0 spiro atoms. The lowest BCUT2D eigenvalue weighted by molar-refractivity contribution is -0.274. The largest absolute Gasteiger partial charge is 0.573 e. The predicted octanol–water partition coefficient (Wildman–Crippen LogP) is 6.34. The van der Waals surface area contributed by atoms with Gasteiger partial charge in [-0.2, -0.15) is 13.2 Å². The first-order chi connectivity index (χ1) is 17.9. The number of carbonyl (C=O) groups is 1. The number of aryl methyl sites for hydroxylation is 1. The molecule has 0 atom stereocenters. The number of alkyl halides is 6. The average Bonchev–Trinajstić information content (AvgIpc) is 3.46. The van der Waals surface area contributed by atoms with E-state index in [0.717, 1.165) is 24.4 Å². The Labute approximate surface area is 209 Å². The van der Waals surface area contributed by atoms with Crippen LogP contribution in [0.4, 0.5) is 36.8 Å². The number of hydrogen-bond donors (Lipinski definition) is 1. The maximum Gasteiger partial charge on any atom is 0.573 e. The molecule has 9 nitrogen and oxygen atoms in total. The minimum absolute atomic E-state index is 0.0519. The van der Waals surface area contributed by atoms with E-state index >= 15 is 0 Å². The van der Waals surface area contributed by atoms with Crippen molar-refractivity contribution < 1.29 is 45.1 Å². The fourth-order valence-corrected chi connectivity index (χ4v) is 3.12. The van der Waals surface area contributed by atoms with Crippen molar-refractivity contribution in [1.29, 1.82) is 0 Å². The Kier molecular flexibility index (Phi) is 7.10. The summed E-state index contributed by atoms with van der Waals surface area (Å²) in [5, 5.41) is 9.65. The number of rotatable bonds is 6. The molecular weight excluding hydrogens is 524 g/mol. The molecule has 0 bridgehead atoms. The van der Waals surface area contributed by atoms with Crippen LogP contribution in [0.1, 0.15) is 17.1 Å².